The van der Waals surface area contributed by atoms with Gasteiger partial charge >= 0.3 is 0 Å². The lowest BCUT2D eigenvalue weighted by atomic mass is 10.1. The van der Waals surface area contributed by atoms with Gasteiger partial charge in [-0.05, 0) is 24.1 Å². The number of nitrogens with zero attached hydrogens (tertiary/aromatic N) is 1. The standard InChI is InChI=1S/C19H23N3O3/c1-22(2)18(23)13-25-16-10-6-9-15(12-16)21-19(24)17(20)11-14-7-4-3-5-8-14/h3-10,12,17H,11,13,20H2,1-2H3,(H,21,24)/t17-/m0/s1. The molecular formula is C19H23N3O3. The van der Waals surface area contributed by atoms with Gasteiger partial charge in [0.1, 0.15) is 5.75 Å². The highest BCUT2D eigenvalue weighted by Gasteiger charge is 2.14. The molecule has 2 aromatic carbocycles. The third-order valence-electron chi connectivity index (χ3n) is 3.60. The molecule has 25 heavy (non-hydrogen) atoms. The number of nitrogens with one attached hydrogen (secondary N) is 1. The number of hydrogen-bond donors (Lipinski definition) is 2. The number of ether oxygens (including phenoxy) is 1. The Morgan fingerprint density at radius 2 is 1.84 bits per heavy atom. The van der Waals surface area contributed by atoms with Crippen LogP contribution in [0.1, 0.15) is 5.56 Å². The van der Waals surface area contributed by atoms with Gasteiger partial charge < -0.3 is 20.7 Å². The fraction of sp³-hybridized carbons (Fsp3) is 0.263. The van der Waals surface area contributed by atoms with E-state index in [0.717, 1.165) is 5.56 Å². The zero-order valence-electron chi connectivity index (χ0n) is 14.4. The van der Waals surface area contributed by atoms with Crippen LogP contribution >= 0.6 is 0 Å². The van der Waals surface area contributed by atoms with Crippen molar-refractivity contribution in [2.24, 2.45) is 5.73 Å². The summed E-state index contributed by atoms with van der Waals surface area (Å²) in [6.45, 7) is -0.0576. The van der Waals surface area contributed by atoms with Crippen LogP contribution < -0.4 is 15.8 Å². The van der Waals surface area contributed by atoms with Crippen molar-refractivity contribution in [2.45, 2.75) is 12.5 Å². The van der Waals surface area contributed by atoms with Crippen molar-refractivity contribution in [3.63, 3.8) is 0 Å². The van der Waals surface area contributed by atoms with E-state index in [4.69, 9.17) is 10.5 Å². The van der Waals surface area contributed by atoms with Gasteiger partial charge in [0.2, 0.25) is 5.91 Å². The summed E-state index contributed by atoms with van der Waals surface area (Å²) in [5.74, 6) is 0.0920. The fourth-order valence-electron chi connectivity index (χ4n) is 2.13. The summed E-state index contributed by atoms with van der Waals surface area (Å²) in [4.78, 5) is 25.3. The van der Waals surface area contributed by atoms with Crippen molar-refractivity contribution < 1.29 is 14.3 Å². The van der Waals surface area contributed by atoms with Crippen LogP contribution in [0, 0.1) is 0 Å². The molecule has 2 aromatic rings. The summed E-state index contributed by atoms with van der Waals surface area (Å²) in [5.41, 5.74) is 7.55. The summed E-state index contributed by atoms with van der Waals surface area (Å²) in [6.07, 6.45) is 0.459. The lowest BCUT2D eigenvalue weighted by Gasteiger charge is -2.14. The van der Waals surface area contributed by atoms with Crippen LogP contribution in [0.15, 0.2) is 54.6 Å². The highest BCUT2D eigenvalue weighted by atomic mass is 16.5. The molecule has 3 N–H and O–H groups in total. The average Bonchev–Trinajstić information content (AvgIpc) is 2.60. The van der Waals surface area contributed by atoms with Crippen LogP contribution in [0.5, 0.6) is 5.75 Å². The van der Waals surface area contributed by atoms with Crippen LogP contribution in [0.3, 0.4) is 0 Å². The molecule has 6 nitrogen and oxygen atoms in total. The predicted molar refractivity (Wildman–Crippen MR) is 97.4 cm³/mol. The van der Waals surface area contributed by atoms with Gasteiger partial charge in [-0.15, -0.1) is 0 Å². The molecule has 0 aliphatic rings. The van der Waals surface area contributed by atoms with Gasteiger partial charge in [0, 0.05) is 25.8 Å². The number of anilines is 1. The van der Waals surface area contributed by atoms with Crippen LogP contribution in [0.4, 0.5) is 5.69 Å². The van der Waals surface area contributed by atoms with E-state index in [2.05, 4.69) is 5.32 Å². The summed E-state index contributed by atoms with van der Waals surface area (Å²) >= 11 is 0. The number of carbonyl (C=O) groups is 2. The van der Waals surface area contributed by atoms with Crippen molar-refractivity contribution in [1.29, 1.82) is 0 Å². The number of amides is 2. The lowest BCUT2D eigenvalue weighted by molar-refractivity contribution is -0.130. The third-order valence-corrected chi connectivity index (χ3v) is 3.60. The SMILES string of the molecule is CN(C)C(=O)COc1cccc(NC(=O)[C@@H](N)Cc2ccccc2)c1. The largest absolute Gasteiger partial charge is 0.484 e. The number of nitrogens with two attached hydrogens (primary N) is 1. The number of rotatable bonds is 7. The molecule has 132 valence electrons. The number of benzene rings is 2. The molecule has 0 fully saturated rings. The second-order valence-corrected chi connectivity index (χ2v) is 5.89. The maximum Gasteiger partial charge on any atom is 0.259 e. The summed E-state index contributed by atoms with van der Waals surface area (Å²) in [5, 5.41) is 2.77. The molecule has 0 aromatic heterocycles. The van der Waals surface area contributed by atoms with Gasteiger partial charge in [-0.25, -0.2) is 0 Å². The maximum absolute atomic E-state index is 12.2. The Hall–Kier alpha value is -2.86. The first kappa shape index (κ1) is 18.5. The molecule has 2 rings (SSSR count). The smallest absolute Gasteiger partial charge is 0.259 e. The molecule has 0 saturated carbocycles. The molecule has 0 radical (unpaired) electrons. The van der Waals surface area contributed by atoms with Gasteiger partial charge in [0.15, 0.2) is 6.61 Å². The molecule has 6 heteroatoms. The second-order valence-electron chi connectivity index (χ2n) is 5.89. The first-order valence-corrected chi connectivity index (χ1v) is 7.99. The number of hydrogen-bond acceptors (Lipinski definition) is 4. The van der Waals surface area contributed by atoms with Crippen LogP contribution in [-0.2, 0) is 16.0 Å². The topological polar surface area (TPSA) is 84.7 Å². The monoisotopic (exact) mass is 341 g/mol. The molecule has 0 bridgehead atoms. The van der Waals surface area contributed by atoms with Crippen molar-refractivity contribution in [1.82, 2.24) is 4.90 Å². The first-order valence-electron chi connectivity index (χ1n) is 7.99. The molecule has 0 aliphatic heterocycles. The summed E-state index contributed by atoms with van der Waals surface area (Å²) < 4.78 is 5.43. The van der Waals surface area contributed by atoms with Crippen LogP contribution in [0.25, 0.3) is 0 Å². The highest BCUT2D eigenvalue weighted by Crippen LogP contribution is 2.17. The van der Waals surface area contributed by atoms with E-state index in [1.807, 2.05) is 30.3 Å². The predicted octanol–water partition coefficient (Wildman–Crippen LogP) is 1.66. The van der Waals surface area contributed by atoms with Crippen molar-refractivity contribution in [3.8, 4) is 5.75 Å². The van der Waals surface area contributed by atoms with Gasteiger partial charge in [0.05, 0.1) is 6.04 Å². The molecule has 1 atom stereocenters. The van der Waals surface area contributed by atoms with E-state index >= 15 is 0 Å². The Kier molecular flexibility index (Phi) is 6.54. The Morgan fingerprint density at radius 1 is 1.12 bits per heavy atom. The Labute approximate surface area is 147 Å². The van der Waals surface area contributed by atoms with E-state index in [-0.39, 0.29) is 18.4 Å². The van der Waals surface area contributed by atoms with E-state index in [0.29, 0.717) is 17.9 Å². The Bertz CT molecular complexity index is 717. The lowest BCUT2D eigenvalue weighted by Crippen LogP contribution is -2.37. The van der Waals surface area contributed by atoms with Gasteiger partial charge in [-0.1, -0.05) is 36.4 Å². The number of carbonyl (C=O) groups excluding carboxylic acids is 2. The van der Waals surface area contributed by atoms with E-state index < -0.39 is 6.04 Å². The van der Waals surface area contributed by atoms with Crippen molar-refractivity contribution in [3.05, 3.63) is 60.2 Å². The first-order chi connectivity index (χ1) is 12.0. The summed E-state index contributed by atoms with van der Waals surface area (Å²) in [6, 6.07) is 15.8. The Morgan fingerprint density at radius 3 is 2.52 bits per heavy atom. The van der Waals surface area contributed by atoms with E-state index in [1.165, 1.54) is 4.90 Å². The fourth-order valence-corrected chi connectivity index (χ4v) is 2.13. The molecule has 0 spiro atoms. The minimum Gasteiger partial charge on any atom is -0.484 e. The molecule has 0 heterocycles. The normalized spacial score (nSPS) is 11.5. The van der Waals surface area contributed by atoms with E-state index in [1.54, 1.807) is 38.4 Å². The number of likely N-dealkylation sites (N-methyl/N-ethyl adjacent to an activating group) is 1. The maximum atomic E-state index is 12.2. The van der Waals surface area contributed by atoms with Crippen LogP contribution in [-0.4, -0.2) is 43.5 Å². The molecule has 0 aliphatic carbocycles. The van der Waals surface area contributed by atoms with Gasteiger partial charge in [-0.2, -0.15) is 0 Å². The Balaban J connectivity index is 1.92. The van der Waals surface area contributed by atoms with Crippen LogP contribution in [0.2, 0.25) is 0 Å². The molecule has 2 amide bonds. The van der Waals surface area contributed by atoms with Crippen molar-refractivity contribution in [2.75, 3.05) is 26.0 Å². The quantitative estimate of drug-likeness (QED) is 0.802. The van der Waals surface area contributed by atoms with Gasteiger partial charge in [0.25, 0.3) is 5.91 Å². The third kappa shape index (κ3) is 5.93. The zero-order chi connectivity index (χ0) is 18.2. The van der Waals surface area contributed by atoms with E-state index in [9.17, 15) is 9.59 Å². The minimum absolute atomic E-state index is 0.0576. The molecule has 0 unspecified atom stereocenters. The minimum atomic E-state index is -0.651. The van der Waals surface area contributed by atoms with Crippen molar-refractivity contribution >= 4 is 17.5 Å². The molecule has 0 saturated heterocycles. The average molecular weight is 341 g/mol. The van der Waals surface area contributed by atoms with Gasteiger partial charge in [-0.3, -0.25) is 9.59 Å². The highest BCUT2D eigenvalue weighted by molar-refractivity contribution is 5.95. The summed E-state index contributed by atoms with van der Waals surface area (Å²) in [7, 11) is 3.33. The molecular weight excluding hydrogens is 318 g/mol. The second kappa shape index (κ2) is 8.84. The zero-order valence-corrected chi connectivity index (χ0v) is 14.4.